The second-order valence-corrected chi connectivity index (χ2v) is 3.93. The molecule has 1 aromatic rings. The van der Waals surface area contributed by atoms with Gasteiger partial charge < -0.3 is 5.32 Å². The Kier molecular flexibility index (Phi) is 2.32. The van der Waals surface area contributed by atoms with Gasteiger partial charge in [-0.15, -0.1) is 0 Å². The standard InChI is InChI=1S/C11H16N2/c1-8-6-10(8)11(12-2)9-4-3-5-13-7-9/h3-5,7-8,10-12H,6H2,1-2H3. The van der Waals surface area contributed by atoms with E-state index in [2.05, 4.69) is 23.3 Å². The van der Waals surface area contributed by atoms with Gasteiger partial charge in [0.15, 0.2) is 0 Å². The summed E-state index contributed by atoms with van der Waals surface area (Å²) in [5.74, 6) is 1.69. The monoisotopic (exact) mass is 176 g/mol. The summed E-state index contributed by atoms with van der Waals surface area (Å²) in [6, 6.07) is 4.66. The van der Waals surface area contributed by atoms with Crippen molar-refractivity contribution in [3.63, 3.8) is 0 Å². The number of pyridine rings is 1. The molecule has 0 saturated heterocycles. The van der Waals surface area contributed by atoms with E-state index >= 15 is 0 Å². The molecular weight excluding hydrogens is 160 g/mol. The highest BCUT2D eigenvalue weighted by molar-refractivity contribution is 5.17. The summed E-state index contributed by atoms with van der Waals surface area (Å²) >= 11 is 0. The Labute approximate surface area is 79.4 Å². The third kappa shape index (κ3) is 1.73. The van der Waals surface area contributed by atoms with Crippen LogP contribution in [0, 0.1) is 11.8 Å². The van der Waals surface area contributed by atoms with Crippen LogP contribution in [0.4, 0.5) is 0 Å². The van der Waals surface area contributed by atoms with Crippen LogP contribution in [0.15, 0.2) is 24.5 Å². The summed E-state index contributed by atoms with van der Waals surface area (Å²) in [6.07, 6.45) is 5.14. The van der Waals surface area contributed by atoms with Gasteiger partial charge in [-0.3, -0.25) is 4.98 Å². The first-order valence-electron chi connectivity index (χ1n) is 4.90. The third-order valence-corrected chi connectivity index (χ3v) is 2.95. The van der Waals surface area contributed by atoms with E-state index in [-0.39, 0.29) is 0 Å². The Hall–Kier alpha value is -0.890. The van der Waals surface area contributed by atoms with Crippen molar-refractivity contribution in [2.45, 2.75) is 19.4 Å². The van der Waals surface area contributed by atoms with Crippen LogP contribution < -0.4 is 5.32 Å². The van der Waals surface area contributed by atoms with Crippen molar-refractivity contribution in [1.29, 1.82) is 0 Å². The Morgan fingerprint density at radius 2 is 2.38 bits per heavy atom. The van der Waals surface area contributed by atoms with Gasteiger partial charge in [0.1, 0.15) is 0 Å². The fourth-order valence-electron chi connectivity index (χ4n) is 2.00. The molecule has 3 atom stereocenters. The molecule has 0 aromatic carbocycles. The van der Waals surface area contributed by atoms with E-state index in [1.54, 1.807) is 0 Å². The fourth-order valence-corrected chi connectivity index (χ4v) is 2.00. The van der Waals surface area contributed by atoms with Gasteiger partial charge in [-0.05, 0) is 36.9 Å². The lowest BCUT2D eigenvalue weighted by Crippen LogP contribution is -2.19. The summed E-state index contributed by atoms with van der Waals surface area (Å²) in [7, 11) is 2.03. The van der Waals surface area contributed by atoms with E-state index in [0.717, 1.165) is 11.8 Å². The van der Waals surface area contributed by atoms with Crippen molar-refractivity contribution in [2.24, 2.45) is 11.8 Å². The van der Waals surface area contributed by atoms with Gasteiger partial charge in [0.05, 0.1) is 0 Å². The summed E-state index contributed by atoms with van der Waals surface area (Å²) in [5.41, 5.74) is 1.32. The second kappa shape index (κ2) is 3.46. The first kappa shape index (κ1) is 8.70. The molecule has 1 aliphatic rings. The van der Waals surface area contributed by atoms with Gasteiger partial charge in [-0.25, -0.2) is 0 Å². The van der Waals surface area contributed by atoms with Gasteiger partial charge in [-0.2, -0.15) is 0 Å². The molecular formula is C11H16N2. The molecule has 0 spiro atoms. The van der Waals surface area contributed by atoms with Gasteiger partial charge in [0.25, 0.3) is 0 Å². The van der Waals surface area contributed by atoms with E-state index in [1.807, 2.05) is 25.5 Å². The van der Waals surface area contributed by atoms with Crippen LogP contribution in [-0.4, -0.2) is 12.0 Å². The SMILES string of the molecule is CNC(c1cccnc1)C1CC1C. The molecule has 0 bridgehead atoms. The molecule has 1 heterocycles. The Bertz CT molecular complexity index is 271. The van der Waals surface area contributed by atoms with E-state index in [4.69, 9.17) is 0 Å². The smallest absolute Gasteiger partial charge is 0.0364 e. The van der Waals surface area contributed by atoms with Crippen LogP contribution in [0.3, 0.4) is 0 Å². The van der Waals surface area contributed by atoms with Crippen molar-refractivity contribution in [3.8, 4) is 0 Å². The quantitative estimate of drug-likeness (QED) is 0.762. The van der Waals surface area contributed by atoms with Crippen molar-refractivity contribution in [2.75, 3.05) is 7.05 Å². The highest BCUT2D eigenvalue weighted by Gasteiger charge is 2.39. The van der Waals surface area contributed by atoms with Crippen molar-refractivity contribution in [3.05, 3.63) is 30.1 Å². The zero-order valence-electron chi connectivity index (χ0n) is 8.20. The number of hydrogen-bond acceptors (Lipinski definition) is 2. The van der Waals surface area contributed by atoms with E-state index in [9.17, 15) is 0 Å². The number of nitrogens with zero attached hydrogens (tertiary/aromatic N) is 1. The van der Waals surface area contributed by atoms with Gasteiger partial charge >= 0.3 is 0 Å². The molecule has 0 amide bonds. The normalized spacial score (nSPS) is 28.5. The van der Waals surface area contributed by atoms with Crippen molar-refractivity contribution < 1.29 is 0 Å². The van der Waals surface area contributed by atoms with Crippen molar-refractivity contribution >= 4 is 0 Å². The van der Waals surface area contributed by atoms with Crippen LogP contribution in [0.5, 0.6) is 0 Å². The molecule has 1 aromatic heterocycles. The zero-order valence-corrected chi connectivity index (χ0v) is 8.20. The lowest BCUT2D eigenvalue weighted by molar-refractivity contribution is 0.502. The minimum absolute atomic E-state index is 0.503. The van der Waals surface area contributed by atoms with Crippen molar-refractivity contribution in [1.82, 2.24) is 10.3 Å². The van der Waals surface area contributed by atoms with E-state index in [0.29, 0.717) is 6.04 Å². The predicted molar refractivity (Wildman–Crippen MR) is 53.3 cm³/mol. The number of rotatable bonds is 3. The number of nitrogens with one attached hydrogen (secondary N) is 1. The lowest BCUT2D eigenvalue weighted by Gasteiger charge is -2.15. The minimum Gasteiger partial charge on any atom is -0.313 e. The molecule has 0 aliphatic heterocycles. The Morgan fingerprint density at radius 1 is 1.62 bits per heavy atom. The van der Waals surface area contributed by atoms with Crippen LogP contribution in [0.2, 0.25) is 0 Å². The first-order chi connectivity index (χ1) is 6.33. The largest absolute Gasteiger partial charge is 0.313 e. The third-order valence-electron chi connectivity index (χ3n) is 2.95. The van der Waals surface area contributed by atoms with E-state index < -0.39 is 0 Å². The number of hydrogen-bond donors (Lipinski definition) is 1. The molecule has 2 nitrogen and oxygen atoms in total. The fraction of sp³-hybridized carbons (Fsp3) is 0.545. The summed E-state index contributed by atoms with van der Waals surface area (Å²) in [4.78, 5) is 4.15. The second-order valence-electron chi connectivity index (χ2n) is 3.93. The molecule has 0 radical (unpaired) electrons. The zero-order chi connectivity index (χ0) is 9.26. The van der Waals surface area contributed by atoms with Gasteiger partial charge in [-0.1, -0.05) is 13.0 Å². The van der Waals surface area contributed by atoms with Gasteiger partial charge in [0.2, 0.25) is 0 Å². The average Bonchev–Trinajstić information content (AvgIpc) is 2.86. The highest BCUT2D eigenvalue weighted by Crippen LogP contribution is 2.46. The lowest BCUT2D eigenvalue weighted by atomic mass is 10.0. The first-order valence-corrected chi connectivity index (χ1v) is 4.90. The molecule has 1 fully saturated rings. The molecule has 2 heteroatoms. The molecule has 1 saturated carbocycles. The highest BCUT2D eigenvalue weighted by atomic mass is 14.9. The molecule has 13 heavy (non-hydrogen) atoms. The summed E-state index contributed by atoms with van der Waals surface area (Å²) in [6.45, 7) is 2.31. The summed E-state index contributed by atoms with van der Waals surface area (Å²) in [5, 5.41) is 3.37. The maximum Gasteiger partial charge on any atom is 0.0364 e. The molecule has 3 unspecified atom stereocenters. The topological polar surface area (TPSA) is 24.9 Å². The average molecular weight is 176 g/mol. The number of aromatic nitrogens is 1. The predicted octanol–water partition coefficient (Wildman–Crippen LogP) is 2.00. The van der Waals surface area contributed by atoms with Gasteiger partial charge in [0, 0.05) is 18.4 Å². The molecule has 2 rings (SSSR count). The maximum absolute atomic E-state index is 4.15. The molecule has 1 aliphatic carbocycles. The van der Waals surface area contributed by atoms with Crippen LogP contribution in [0.1, 0.15) is 24.9 Å². The molecule has 70 valence electrons. The molecule has 1 N–H and O–H groups in total. The van der Waals surface area contributed by atoms with E-state index in [1.165, 1.54) is 12.0 Å². The van der Waals surface area contributed by atoms with Crippen LogP contribution in [-0.2, 0) is 0 Å². The summed E-state index contributed by atoms with van der Waals surface area (Å²) < 4.78 is 0. The minimum atomic E-state index is 0.503. The Balaban J connectivity index is 2.13. The van der Waals surface area contributed by atoms with Crippen LogP contribution >= 0.6 is 0 Å². The maximum atomic E-state index is 4.15. The van der Waals surface area contributed by atoms with Crippen LogP contribution in [0.25, 0.3) is 0 Å². The Morgan fingerprint density at radius 3 is 2.85 bits per heavy atom.